The van der Waals surface area contributed by atoms with E-state index in [1.807, 2.05) is 20.8 Å². The van der Waals surface area contributed by atoms with Gasteiger partial charge in [-0.1, -0.05) is 32.4 Å². The summed E-state index contributed by atoms with van der Waals surface area (Å²) in [5.41, 5.74) is 0.126. The summed E-state index contributed by atoms with van der Waals surface area (Å²) in [5, 5.41) is 0. The van der Waals surface area contributed by atoms with Crippen LogP contribution >= 0.6 is 0 Å². The highest BCUT2D eigenvalue weighted by Gasteiger charge is 2.39. The predicted molar refractivity (Wildman–Crippen MR) is 74.3 cm³/mol. The second-order valence-electron chi connectivity index (χ2n) is 5.81. The first-order valence-electron chi connectivity index (χ1n) is 6.30. The highest BCUT2D eigenvalue weighted by atomic mass is 19.4. The van der Waals surface area contributed by atoms with Crippen molar-refractivity contribution in [3.05, 3.63) is 28.8 Å². The van der Waals surface area contributed by atoms with E-state index in [1.54, 1.807) is 13.0 Å². The van der Waals surface area contributed by atoms with Gasteiger partial charge in [-0.2, -0.15) is 13.2 Å². The third-order valence-corrected chi connectivity index (χ3v) is 3.22. The van der Waals surface area contributed by atoms with Crippen molar-refractivity contribution in [2.75, 3.05) is 14.2 Å². The zero-order chi connectivity index (χ0) is 15.7. The monoisotopic (exact) mass is 288 g/mol. The molecule has 0 spiro atoms. The van der Waals surface area contributed by atoms with Gasteiger partial charge in [0.15, 0.2) is 0 Å². The molecule has 0 aliphatic heterocycles. The number of rotatable bonds is 3. The minimum Gasteiger partial charge on any atom is -0.410 e. The van der Waals surface area contributed by atoms with E-state index < -0.39 is 18.9 Å². The maximum absolute atomic E-state index is 13.3. The molecule has 0 aliphatic carbocycles. The second kappa shape index (κ2) is 5.78. The number of alkyl halides is 3. The summed E-state index contributed by atoms with van der Waals surface area (Å²) in [6.07, 6.45) is -4.45. The average Bonchev–Trinajstić information content (AvgIpc) is 2.29. The van der Waals surface area contributed by atoms with Crippen molar-refractivity contribution in [3.8, 4) is 0 Å². The number of benzene rings is 1. The van der Waals surface area contributed by atoms with Gasteiger partial charge in [-0.3, -0.25) is 0 Å². The normalized spacial score (nSPS) is 12.7. The predicted octanol–water partition coefficient (Wildman–Crippen LogP) is 3.30. The zero-order valence-corrected chi connectivity index (χ0v) is 12.7. The van der Waals surface area contributed by atoms with E-state index in [0.717, 1.165) is 0 Å². The summed E-state index contributed by atoms with van der Waals surface area (Å²) in [4.78, 5) is 0. The van der Waals surface area contributed by atoms with Gasteiger partial charge in [0.05, 0.1) is 5.56 Å². The van der Waals surface area contributed by atoms with Gasteiger partial charge in [-0.25, -0.2) is 0 Å². The highest BCUT2D eigenvalue weighted by molar-refractivity contribution is 6.62. The fourth-order valence-electron chi connectivity index (χ4n) is 2.11. The summed E-state index contributed by atoms with van der Waals surface area (Å²) >= 11 is 0. The van der Waals surface area contributed by atoms with Crippen molar-refractivity contribution in [1.82, 2.24) is 0 Å². The summed E-state index contributed by atoms with van der Waals surface area (Å²) in [5.74, 6) is 0. The molecule has 6 heteroatoms. The van der Waals surface area contributed by atoms with Crippen molar-refractivity contribution < 1.29 is 22.5 Å². The molecule has 0 aliphatic rings. The Balaban J connectivity index is 3.60. The van der Waals surface area contributed by atoms with E-state index >= 15 is 0 Å². The molecule has 0 heterocycles. The van der Waals surface area contributed by atoms with Gasteiger partial charge in [0.1, 0.15) is 0 Å². The molecule has 0 amide bonds. The van der Waals surface area contributed by atoms with Crippen LogP contribution < -0.4 is 5.46 Å². The maximum atomic E-state index is 13.3. The molecule has 0 radical (unpaired) electrons. The fraction of sp³-hybridized carbons (Fsp3) is 0.571. The van der Waals surface area contributed by atoms with Crippen molar-refractivity contribution in [1.29, 1.82) is 0 Å². The van der Waals surface area contributed by atoms with Crippen LogP contribution in [0.2, 0.25) is 0 Å². The minimum absolute atomic E-state index is 0.0375. The van der Waals surface area contributed by atoms with Gasteiger partial charge < -0.3 is 9.31 Å². The Morgan fingerprint density at radius 2 is 1.50 bits per heavy atom. The molecule has 0 bridgehead atoms. The molecule has 1 aromatic carbocycles. The van der Waals surface area contributed by atoms with Crippen molar-refractivity contribution >= 4 is 12.6 Å². The van der Waals surface area contributed by atoms with E-state index in [-0.39, 0.29) is 10.9 Å². The van der Waals surface area contributed by atoms with E-state index in [0.29, 0.717) is 11.1 Å². The largest absolute Gasteiger partial charge is 0.494 e. The van der Waals surface area contributed by atoms with E-state index in [2.05, 4.69) is 0 Å². The first kappa shape index (κ1) is 17.0. The van der Waals surface area contributed by atoms with Crippen LogP contribution in [-0.4, -0.2) is 21.3 Å². The second-order valence-corrected chi connectivity index (χ2v) is 5.81. The van der Waals surface area contributed by atoms with Crippen LogP contribution in [0.15, 0.2) is 12.1 Å². The van der Waals surface area contributed by atoms with Gasteiger partial charge in [0.2, 0.25) is 0 Å². The molecule has 1 rings (SSSR count). The number of hydrogen-bond donors (Lipinski definition) is 0. The molecule has 0 saturated carbocycles. The van der Waals surface area contributed by atoms with E-state index in [1.165, 1.54) is 20.3 Å². The molecule has 0 atom stereocenters. The molecule has 20 heavy (non-hydrogen) atoms. The lowest BCUT2D eigenvalue weighted by molar-refractivity contribution is -0.137. The Hall–Kier alpha value is -1.01. The average molecular weight is 288 g/mol. The van der Waals surface area contributed by atoms with Crippen LogP contribution in [0.25, 0.3) is 0 Å². The standard InChI is InChI=1S/C14H20BF3O2/c1-9-7-10(13(2,3)4)8-11(14(16,17)18)12(9)15(19-5)20-6/h7-8H,1-6H3. The summed E-state index contributed by atoms with van der Waals surface area (Å²) in [6, 6.07) is 2.95. The summed E-state index contributed by atoms with van der Waals surface area (Å²) in [6.45, 7) is 7.29. The van der Waals surface area contributed by atoms with Crippen LogP contribution in [0.5, 0.6) is 0 Å². The highest BCUT2D eigenvalue weighted by Crippen LogP contribution is 2.33. The Kier molecular flexibility index (Phi) is 4.92. The van der Waals surface area contributed by atoms with Crippen LogP contribution in [0.1, 0.15) is 37.5 Å². The van der Waals surface area contributed by atoms with Crippen LogP contribution in [0.3, 0.4) is 0 Å². The quantitative estimate of drug-likeness (QED) is 0.794. The van der Waals surface area contributed by atoms with Crippen molar-refractivity contribution in [2.24, 2.45) is 0 Å². The topological polar surface area (TPSA) is 18.5 Å². The van der Waals surface area contributed by atoms with Gasteiger partial charge >= 0.3 is 13.3 Å². The third-order valence-electron chi connectivity index (χ3n) is 3.22. The van der Waals surface area contributed by atoms with Gasteiger partial charge in [-0.15, -0.1) is 0 Å². The Labute approximate surface area is 118 Å². The van der Waals surface area contributed by atoms with Gasteiger partial charge in [0.25, 0.3) is 0 Å². The Morgan fingerprint density at radius 1 is 1.00 bits per heavy atom. The minimum atomic E-state index is -4.45. The molecule has 0 saturated heterocycles. The first-order chi connectivity index (χ1) is 9.02. The Bertz CT molecular complexity index is 475. The lowest BCUT2D eigenvalue weighted by Gasteiger charge is -2.25. The third kappa shape index (κ3) is 3.55. The van der Waals surface area contributed by atoms with Gasteiger partial charge in [0, 0.05) is 14.2 Å². The molecule has 0 fully saturated rings. The lowest BCUT2D eigenvalue weighted by atomic mass is 9.70. The summed E-state index contributed by atoms with van der Waals surface area (Å²) in [7, 11) is 1.62. The van der Waals surface area contributed by atoms with E-state index in [9.17, 15) is 13.2 Å². The maximum Gasteiger partial charge on any atom is 0.494 e. The Morgan fingerprint density at radius 3 is 1.85 bits per heavy atom. The first-order valence-corrected chi connectivity index (χ1v) is 6.30. The molecular weight excluding hydrogens is 268 g/mol. The van der Waals surface area contributed by atoms with Gasteiger partial charge in [-0.05, 0) is 29.4 Å². The lowest BCUT2D eigenvalue weighted by Crippen LogP contribution is -2.42. The van der Waals surface area contributed by atoms with Crippen LogP contribution in [0.4, 0.5) is 13.2 Å². The van der Waals surface area contributed by atoms with Crippen molar-refractivity contribution in [3.63, 3.8) is 0 Å². The van der Waals surface area contributed by atoms with Crippen LogP contribution in [-0.2, 0) is 20.9 Å². The fourth-order valence-corrected chi connectivity index (χ4v) is 2.11. The molecule has 0 N–H and O–H groups in total. The number of hydrogen-bond acceptors (Lipinski definition) is 2. The summed E-state index contributed by atoms with van der Waals surface area (Å²) < 4.78 is 50.0. The molecular formula is C14H20BF3O2. The van der Waals surface area contributed by atoms with Crippen LogP contribution in [0, 0.1) is 6.92 Å². The van der Waals surface area contributed by atoms with Crippen molar-refractivity contribution in [2.45, 2.75) is 39.3 Å². The molecule has 1 aromatic rings. The zero-order valence-electron chi connectivity index (χ0n) is 12.7. The smallest absolute Gasteiger partial charge is 0.410 e. The number of aryl methyl sites for hydroxylation is 1. The molecule has 112 valence electrons. The SMILES string of the molecule is COB(OC)c1c(C)cc(C(C)(C)C)cc1C(F)(F)F. The molecule has 0 unspecified atom stereocenters. The van der Waals surface area contributed by atoms with E-state index in [4.69, 9.17) is 9.31 Å². The number of halogens is 3. The molecule has 0 aromatic heterocycles. The molecule has 2 nitrogen and oxygen atoms in total.